The Labute approximate surface area is 156 Å². The fourth-order valence-electron chi connectivity index (χ4n) is 2.79. The van der Waals surface area contributed by atoms with Crippen LogP contribution in [0.25, 0.3) is 11.0 Å². The van der Waals surface area contributed by atoms with Crippen LogP contribution in [0.1, 0.15) is 27.0 Å². The van der Waals surface area contributed by atoms with Gasteiger partial charge in [-0.1, -0.05) is 0 Å². The van der Waals surface area contributed by atoms with Gasteiger partial charge in [-0.25, -0.2) is 9.59 Å². The van der Waals surface area contributed by atoms with Crippen molar-refractivity contribution in [2.45, 2.75) is 20.5 Å². The standard InChI is InChI=1S/C21H20O6/c1-12-7-17-14(9-20(22)27-19(17)8-13(12)2)11-26-21(23)16-6-5-15(24-3)10-18(16)25-4/h5-10H,11H2,1-4H3. The molecule has 0 amide bonds. The Kier molecular flexibility index (Phi) is 5.16. The van der Waals surface area contributed by atoms with Crippen LogP contribution < -0.4 is 15.1 Å². The van der Waals surface area contributed by atoms with Crippen molar-refractivity contribution in [3.8, 4) is 11.5 Å². The van der Waals surface area contributed by atoms with Crippen LogP contribution in [-0.2, 0) is 11.3 Å². The maximum atomic E-state index is 12.5. The highest BCUT2D eigenvalue weighted by Crippen LogP contribution is 2.26. The molecule has 0 radical (unpaired) electrons. The second kappa shape index (κ2) is 7.53. The summed E-state index contributed by atoms with van der Waals surface area (Å²) in [7, 11) is 3.00. The number of hydrogen-bond acceptors (Lipinski definition) is 6. The van der Waals surface area contributed by atoms with Gasteiger partial charge in [-0.3, -0.25) is 0 Å². The number of aryl methyl sites for hydroxylation is 2. The minimum atomic E-state index is -0.556. The van der Waals surface area contributed by atoms with Gasteiger partial charge < -0.3 is 18.6 Å². The first-order valence-corrected chi connectivity index (χ1v) is 8.36. The van der Waals surface area contributed by atoms with Crippen molar-refractivity contribution in [3.05, 3.63) is 69.1 Å². The largest absolute Gasteiger partial charge is 0.497 e. The van der Waals surface area contributed by atoms with Crippen LogP contribution in [-0.4, -0.2) is 20.2 Å². The van der Waals surface area contributed by atoms with E-state index in [1.165, 1.54) is 20.3 Å². The van der Waals surface area contributed by atoms with E-state index in [1.807, 2.05) is 26.0 Å². The van der Waals surface area contributed by atoms with Crippen LogP contribution in [0.4, 0.5) is 0 Å². The summed E-state index contributed by atoms with van der Waals surface area (Å²) in [5.41, 5.74) is 2.92. The normalized spacial score (nSPS) is 10.7. The summed E-state index contributed by atoms with van der Waals surface area (Å²) in [6.07, 6.45) is 0. The summed E-state index contributed by atoms with van der Waals surface area (Å²) in [4.78, 5) is 24.3. The zero-order chi connectivity index (χ0) is 19.6. The van der Waals surface area contributed by atoms with Gasteiger partial charge in [-0.15, -0.1) is 0 Å². The number of esters is 1. The third kappa shape index (κ3) is 3.79. The maximum absolute atomic E-state index is 12.5. The van der Waals surface area contributed by atoms with Gasteiger partial charge in [0.05, 0.1) is 14.2 Å². The highest BCUT2D eigenvalue weighted by Gasteiger charge is 2.16. The molecular weight excluding hydrogens is 348 g/mol. The third-order valence-corrected chi connectivity index (χ3v) is 4.43. The summed E-state index contributed by atoms with van der Waals surface area (Å²) in [6, 6.07) is 9.91. The molecule has 6 heteroatoms. The molecule has 0 saturated carbocycles. The van der Waals surface area contributed by atoms with Crippen LogP contribution in [0.2, 0.25) is 0 Å². The van der Waals surface area contributed by atoms with Crippen LogP contribution >= 0.6 is 0 Å². The van der Waals surface area contributed by atoms with Crippen molar-refractivity contribution in [1.29, 1.82) is 0 Å². The first kappa shape index (κ1) is 18.5. The number of carbonyl (C=O) groups excluding carboxylic acids is 1. The summed E-state index contributed by atoms with van der Waals surface area (Å²) < 4.78 is 21.0. The van der Waals surface area contributed by atoms with Crippen LogP contribution in [0.5, 0.6) is 11.5 Å². The lowest BCUT2D eigenvalue weighted by Gasteiger charge is -2.11. The second-order valence-corrected chi connectivity index (χ2v) is 6.17. The molecule has 0 spiro atoms. The Bertz CT molecular complexity index is 1060. The van der Waals surface area contributed by atoms with Gasteiger partial charge in [-0.05, 0) is 49.2 Å². The molecule has 140 valence electrons. The fraction of sp³-hybridized carbons (Fsp3) is 0.238. The fourth-order valence-corrected chi connectivity index (χ4v) is 2.79. The number of methoxy groups -OCH3 is 2. The van der Waals surface area contributed by atoms with Crippen LogP contribution in [0, 0.1) is 13.8 Å². The number of carbonyl (C=O) groups is 1. The first-order chi connectivity index (χ1) is 12.9. The molecule has 0 aliphatic carbocycles. The summed E-state index contributed by atoms with van der Waals surface area (Å²) in [5.74, 6) is 0.365. The zero-order valence-electron chi connectivity index (χ0n) is 15.6. The summed E-state index contributed by atoms with van der Waals surface area (Å²) >= 11 is 0. The second-order valence-electron chi connectivity index (χ2n) is 6.17. The van der Waals surface area contributed by atoms with Crippen LogP contribution in [0.3, 0.4) is 0 Å². The van der Waals surface area contributed by atoms with Crippen molar-refractivity contribution in [2.24, 2.45) is 0 Å². The molecule has 1 heterocycles. The lowest BCUT2D eigenvalue weighted by molar-refractivity contribution is 0.0470. The highest BCUT2D eigenvalue weighted by molar-refractivity contribution is 5.93. The van der Waals surface area contributed by atoms with E-state index >= 15 is 0 Å². The number of hydrogen-bond donors (Lipinski definition) is 0. The molecule has 0 N–H and O–H groups in total. The minimum absolute atomic E-state index is 0.0569. The van der Waals surface area contributed by atoms with E-state index in [1.54, 1.807) is 18.2 Å². The minimum Gasteiger partial charge on any atom is -0.497 e. The van der Waals surface area contributed by atoms with E-state index in [9.17, 15) is 9.59 Å². The molecule has 3 aromatic rings. The molecular formula is C21H20O6. The van der Waals surface area contributed by atoms with Gasteiger partial charge in [0.25, 0.3) is 0 Å². The van der Waals surface area contributed by atoms with Crippen molar-refractivity contribution in [2.75, 3.05) is 14.2 Å². The number of benzene rings is 2. The molecule has 0 aliphatic rings. The average molecular weight is 368 g/mol. The van der Waals surface area contributed by atoms with Gasteiger partial charge in [0, 0.05) is 23.1 Å². The van der Waals surface area contributed by atoms with Gasteiger partial charge in [0.15, 0.2) is 0 Å². The Hall–Kier alpha value is -3.28. The van der Waals surface area contributed by atoms with E-state index in [-0.39, 0.29) is 12.2 Å². The lowest BCUT2D eigenvalue weighted by Crippen LogP contribution is -2.09. The molecule has 0 fully saturated rings. The average Bonchev–Trinajstić information content (AvgIpc) is 2.66. The van der Waals surface area contributed by atoms with Gasteiger partial charge in [-0.2, -0.15) is 0 Å². The van der Waals surface area contributed by atoms with E-state index < -0.39 is 11.6 Å². The topological polar surface area (TPSA) is 75.0 Å². The zero-order valence-corrected chi connectivity index (χ0v) is 15.6. The smallest absolute Gasteiger partial charge is 0.342 e. The maximum Gasteiger partial charge on any atom is 0.342 e. The van der Waals surface area contributed by atoms with E-state index in [0.29, 0.717) is 22.6 Å². The third-order valence-electron chi connectivity index (χ3n) is 4.43. The summed E-state index contributed by atoms with van der Waals surface area (Å²) in [6.45, 7) is 3.86. The molecule has 0 saturated heterocycles. The molecule has 3 rings (SSSR count). The van der Waals surface area contributed by atoms with E-state index in [0.717, 1.165) is 16.5 Å². The first-order valence-electron chi connectivity index (χ1n) is 8.36. The predicted octanol–water partition coefficient (Wildman–Crippen LogP) is 3.78. The molecule has 0 bridgehead atoms. The molecule has 27 heavy (non-hydrogen) atoms. The molecule has 2 aromatic carbocycles. The van der Waals surface area contributed by atoms with Crippen molar-refractivity contribution >= 4 is 16.9 Å². The molecule has 0 atom stereocenters. The Morgan fingerprint density at radius 3 is 2.44 bits per heavy atom. The van der Waals surface area contributed by atoms with Crippen LogP contribution in [0.15, 0.2) is 45.6 Å². The number of ether oxygens (including phenoxy) is 3. The summed E-state index contributed by atoms with van der Waals surface area (Å²) in [5, 5.41) is 0.743. The Balaban J connectivity index is 1.90. The SMILES string of the molecule is COc1ccc(C(=O)OCc2cc(=O)oc3cc(C)c(C)cc23)c(OC)c1. The lowest BCUT2D eigenvalue weighted by atomic mass is 10.0. The molecule has 0 unspecified atom stereocenters. The Morgan fingerprint density at radius 2 is 1.74 bits per heavy atom. The van der Waals surface area contributed by atoms with Gasteiger partial charge in [0.1, 0.15) is 29.3 Å². The molecule has 6 nitrogen and oxygen atoms in total. The highest BCUT2D eigenvalue weighted by atomic mass is 16.5. The van der Waals surface area contributed by atoms with Gasteiger partial charge >= 0.3 is 11.6 Å². The number of fused-ring (bicyclic) bond motifs is 1. The van der Waals surface area contributed by atoms with Crippen molar-refractivity contribution < 1.29 is 23.4 Å². The quantitative estimate of drug-likeness (QED) is 0.504. The van der Waals surface area contributed by atoms with E-state index in [2.05, 4.69) is 0 Å². The van der Waals surface area contributed by atoms with Crippen molar-refractivity contribution in [3.63, 3.8) is 0 Å². The van der Waals surface area contributed by atoms with E-state index in [4.69, 9.17) is 18.6 Å². The van der Waals surface area contributed by atoms with Crippen molar-refractivity contribution in [1.82, 2.24) is 0 Å². The van der Waals surface area contributed by atoms with Gasteiger partial charge in [0.2, 0.25) is 0 Å². The number of rotatable bonds is 5. The molecule has 0 aliphatic heterocycles. The predicted molar refractivity (Wildman–Crippen MR) is 101 cm³/mol. The monoisotopic (exact) mass is 368 g/mol. The molecule has 1 aromatic heterocycles. The Morgan fingerprint density at radius 1 is 1.00 bits per heavy atom.